The Kier molecular flexibility index (Phi) is 5.17. The zero-order chi connectivity index (χ0) is 23.4. The summed E-state index contributed by atoms with van der Waals surface area (Å²) in [4.78, 5) is 13.4. The summed E-state index contributed by atoms with van der Waals surface area (Å²) in [5.41, 5.74) is 0.657. The fraction of sp³-hybridized carbons (Fsp3) is 0.320. The lowest BCUT2D eigenvalue weighted by atomic mass is 9.95. The first-order valence-corrected chi connectivity index (χ1v) is 10.4. The van der Waals surface area contributed by atoms with Gasteiger partial charge < -0.3 is 29.6 Å². The molecule has 0 aliphatic carbocycles. The van der Waals surface area contributed by atoms with Crippen LogP contribution in [0.15, 0.2) is 45.3 Å². The molecule has 0 fully saturated rings. The molecule has 0 saturated carbocycles. The van der Waals surface area contributed by atoms with Crippen molar-refractivity contribution in [3.63, 3.8) is 0 Å². The monoisotopic (exact) mass is 438 g/mol. The number of fused-ring (bicyclic) bond motifs is 2. The van der Waals surface area contributed by atoms with E-state index >= 15 is 0 Å². The fourth-order valence-electron chi connectivity index (χ4n) is 3.91. The molecule has 1 aromatic heterocycles. The average molecular weight is 438 g/mol. The molecule has 0 saturated heterocycles. The molecule has 0 amide bonds. The van der Waals surface area contributed by atoms with Crippen LogP contribution in [-0.2, 0) is 12.8 Å². The third kappa shape index (κ3) is 3.58. The number of phenols is 3. The molecule has 0 radical (unpaired) electrons. The molecule has 1 atom stereocenters. The van der Waals surface area contributed by atoms with Crippen LogP contribution in [-0.4, -0.2) is 32.1 Å². The molecule has 4 rings (SSSR count). The first kappa shape index (κ1) is 21.8. The lowest BCUT2D eigenvalue weighted by molar-refractivity contribution is -0.0227. The van der Waals surface area contributed by atoms with Gasteiger partial charge in [0.25, 0.3) is 0 Å². The topological polar surface area (TPSA) is 120 Å². The number of aromatic hydroxyl groups is 3. The molecule has 1 aliphatic heterocycles. The lowest BCUT2D eigenvalue weighted by Crippen LogP contribution is -2.39. The molecule has 7 nitrogen and oxygen atoms in total. The third-order valence-corrected chi connectivity index (χ3v) is 5.80. The second-order valence-electron chi connectivity index (χ2n) is 8.96. The van der Waals surface area contributed by atoms with Gasteiger partial charge in [-0.25, -0.2) is 0 Å². The summed E-state index contributed by atoms with van der Waals surface area (Å²) in [7, 11) is 0. The van der Waals surface area contributed by atoms with E-state index in [4.69, 9.17) is 9.15 Å². The first-order valence-electron chi connectivity index (χ1n) is 10.4. The average Bonchev–Trinajstić information content (AvgIpc) is 3.15. The Balaban J connectivity index is 1.91. The molecule has 0 unspecified atom stereocenters. The number of phenolic OH excluding ortho intramolecular Hbond substituents is 3. The molecule has 168 valence electrons. The summed E-state index contributed by atoms with van der Waals surface area (Å²) in [6.07, 6.45) is 3.02. The highest BCUT2D eigenvalue weighted by Crippen LogP contribution is 2.45. The van der Waals surface area contributed by atoms with Crippen LogP contribution in [0.25, 0.3) is 22.1 Å². The number of hydrogen-bond donors (Lipinski definition) is 4. The van der Waals surface area contributed by atoms with Crippen LogP contribution in [0, 0.1) is 0 Å². The van der Waals surface area contributed by atoms with Crippen molar-refractivity contribution in [1.82, 2.24) is 0 Å². The fourth-order valence-corrected chi connectivity index (χ4v) is 3.91. The Bertz CT molecular complexity index is 1300. The van der Waals surface area contributed by atoms with E-state index in [-0.39, 0.29) is 52.2 Å². The second kappa shape index (κ2) is 7.60. The summed E-state index contributed by atoms with van der Waals surface area (Å²) in [5.74, 6) is -0.187. The quantitative estimate of drug-likeness (QED) is 0.452. The molecule has 0 bridgehead atoms. The molecule has 2 heterocycles. The van der Waals surface area contributed by atoms with Gasteiger partial charge in [-0.15, -0.1) is 0 Å². The van der Waals surface area contributed by atoms with Gasteiger partial charge in [0.05, 0.1) is 11.2 Å². The van der Waals surface area contributed by atoms with Crippen molar-refractivity contribution < 1.29 is 29.6 Å². The number of ether oxygens (including phenoxy) is 1. The maximum atomic E-state index is 13.4. The lowest BCUT2D eigenvalue weighted by Gasteiger charge is -2.24. The minimum Gasteiger partial charge on any atom is -0.508 e. The maximum Gasteiger partial charge on any atom is 0.204 e. The van der Waals surface area contributed by atoms with Gasteiger partial charge in [0.2, 0.25) is 5.43 Å². The summed E-state index contributed by atoms with van der Waals surface area (Å²) >= 11 is 0. The smallest absolute Gasteiger partial charge is 0.204 e. The van der Waals surface area contributed by atoms with Crippen LogP contribution in [0.1, 0.15) is 38.8 Å². The SMILES string of the molecule is CC(C)=CCc1c(O)cc2occ(-c3ccc(O)c4c3O[C@H](C(C)(C)O)C4)c(=O)c2c1O. The number of aliphatic hydroxyl groups is 1. The maximum absolute atomic E-state index is 13.4. The molecule has 3 aromatic rings. The van der Waals surface area contributed by atoms with Gasteiger partial charge in [-0.3, -0.25) is 4.79 Å². The third-order valence-electron chi connectivity index (χ3n) is 5.80. The van der Waals surface area contributed by atoms with E-state index < -0.39 is 17.1 Å². The van der Waals surface area contributed by atoms with Crippen LogP contribution < -0.4 is 10.2 Å². The molecule has 32 heavy (non-hydrogen) atoms. The Hall–Kier alpha value is -3.45. The van der Waals surface area contributed by atoms with E-state index in [2.05, 4.69) is 0 Å². The molecule has 7 heteroatoms. The van der Waals surface area contributed by atoms with Crippen molar-refractivity contribution in [3.05, 3.63) is 57.5 Å². The van der Waals surface area contributed by atoms with Crippen LogP contribution >= 0.6 is 0 Å². The number of hydrogen-bond acceptors (Lipinski definition) is 7. The van der Waals surface area contributed by atoms with Crippen LogP contribution in [0.4, 0.5) is 0 Å². The van der Waals surface area contributed by atoms with E-state index in [1.165, 1.54) is 18.4 Å². The summed E-state index contributed by atoms with van der Waals surface area (Å²) in [6.45, 7) is 7.02. The minimum absolute atomic E-state index is 0.0115. The van der Waals surface area contributed by atoms with Crippen LogP contribution in [0.5, 0.6) is 23.0 Å². The Morgan fingerprint density at radius 2 is 1.88 bits per heavy atom. The van der Waals surface area contributed by atoms with Crippen molar-refractivity contribution in [1.29, 1.82) is 0 Å². The van der Waals surface area contributed by atoms with E-state index in [1.54, 1.807) is 19.9 Å². The van der Waals surface area contributed by atoms with Crippen molar-refractivity contribution in [2.75, 3.05) is 0 Å². The van der Waals surface area contributed by atoms with Crippen molar-refractivity contribution in [3.8, 4) is 34.1 Å². The number of allylic oxidation sites excluding steroid dienone is 2. The van der Waals surface area contributed by atoms with Gasteiger partial charge in [0.1, 0.15) is 46.3 Å². The van der Waals surface area contributed by atoms with Gasteiger partial charge >= 0.3 is 0 Å². The van der Waals surface area contributed by atoms with Gasteiger partial charge in [-0.1, -0.05) is 11.6 Å². The predicted molar refractivity (Wildman–Crippen MR) is 120 cm³/mol. The highest BCUT2D eigenvalue weighted by molar-refractivity contribution is 5.90. The Morgan fingerprint density at radius 3 is 2.53 bits per heavy atom. The van der Waals surface area contributed by atoms with E-state index in [0.717, 1.165) is 5.57 Å². The standard InChI is InChI=1S/C25H26O7/c1-12(2)5-6-14-18(27)10-19-21(22(14)28)23(29)16(11-31-19)13-7-8-17(26)15-9-20(25(3,4)30)32-24(13)15/h5,7-8,10-11,20,26-28,30H,6,9H2,1-4H3/t20-/m0/s1. The predicted octanol–water partition coefficient (Wildman–Crippen LogP) is 4.16. The Labute approximate surface area is 184 Å². The highest BCUT2D eigenvalue weighted by atomic mass is 16.5. The van der Waals surface area contributed by atoms with Gasteiger partial charge in [-0.05, 0) is 46.2 Å². The van der Waals surface area contributed by atoms with Crippen molar-refractivity contribution in [2.45, 2.75) is 52.2 Å². The Morgan fingerprint density at radius 1 is 1.16 bits per heavy atom. The van der Waals surface area contributed by atoms with Gasteiger partial charge in [0, 0.05) is 29.2 Å². The summed E-state index contributed by atoms with van der Waals surface area (Å²) in [5, 5.41) is 41.8. The van der Waals surface area contributed by atoms with E-state index in [1.807, 2.05) is 19.9 Å². The van der Waals surface area contributed by atoms with Crippen LogP contribution in [0.3, 0.4) is 0 Å². The molecule has 2 aromatic carbocycles. The zero-order valence-corrected chi connectivity index (χ0v) is 18.4. The molecular weight excluding hydrogens is 412 g/mol. The molecule has 4 N–H and O–H groups in total. The zero-order valence-electron chi connectivity index (χ0n) is 18.4. The van der Waals surface area contributed by atoms with Crippen molar-refractivity contribution in [2.24, 2.45) is 0 Å². The number of benzene rings is 2. The summed E-state index contributed by atoms with van der Waals surface area (Å²) in [6, 6.07) is 4.32. The largest absolute Gasteiger partial charge is 0.508 e. The first-order chi connectivity index (χ1) is 15.0. The second-order valence-corrected chi connectivity index (χ2v) is 8.96. The van der Waals surface area contributed by atoms with Gasteiger partial charge in [0.15, 0.2) is 0 Å². The summed E-state index contributed by atoms with van der Waals surface area (Å²) < 4.78 is 11.5. The minimum atomic E-state index is -1.16. The van der Waals surface area contributed by atoms with Crippen LogP contribution in [0.2, 0.25) is 0 Å². The van der Waals surface area contributed by atoms with E-state index in [0.29, 0.717) is 16.9 Å². The molecular formula is C25H26O7. The number of rotatable bonds is 4. The highest BCUT2D eigenvalue weighted by Gasteiger charge is 2.38. The normalized spacial score (nSPS) is 15.5. The van der Waals surface area contributed by atoms with E-state index in [9.17, 15) is 25.2 Å². The molecule has 0 spiro atoms. The van der Waals surface area contributed by atoms with Crippen molar-refractivity contribution >= 4 is 11.0 Å². The molecule has 1 aliphatic rings. The van der Waals surface area contributed by atoms with Gasteiger partial charge in [-0.2, -0.15) is 0 Å².